The fraction of sp³-hybridized carbons (Fsp3) is 0.867. The summed E-state index contributed by atoms with van der Waals surface area (Å²) in [6, 6.07) is 0. The maximum absolute atomic E-state index is 5.85. The molecule has 1 fully saturated rings. The summed E-state index contributed by atoms with van der Waals surface area (Å²) in [6.07, 6.45) is 5.07. The Labute approximate surface area is 121 Å². The van der Waals surface area contributed by atoms with Crippen LogP contribution in [0.2, 0.25) is 0 Å². The molecular formula is C15H27N3O2. The largest absolute Gasteiger partial charge is 0.367 e. The Morgan fingerprint density at radius 1 is 1.35 bits per heavy atom. The molecule has 0 aliphatic carbocycles. The van der Waals surface area contributed by atoms with E-state index in [1.807, 2.05) is 0 Å². The number of ether oxygens (including phenoxy) is 1. The number of nitrogens with zero attached hydrogens (tertiary/aromatic N) is 2. The summed E-state index contributed by atoms with van der Waals surface area (Å²) < 4.78 is 11.3. The molecule has 0 aromatic carbocycles. The van der Waals surface area contributed by atoms with Crippen molar-refractivity contribution in [1.29, 1.82) is 0 Å². The van der Waals surface area contributed by atoms with Gasteiger partial charge in [-0.15, -0.1) is 0 Å². The highest BCUT2D eigenvalue weighted by Gasteiger charge is 2.35. The first kappa shape index (κ1) is 15.4. The minimum atomic E-state index is -0.379. The molecule has 1 aliphatic rings. The molecule has 1 aromatic rings. The predicted octanol–water partition coefficient (Wildman–Crippen LogP) is 2.65. The first-order valence-corrected chi connectivity index (χ1v) is 7.70. The van der Waals surface area contributed by atoms with Gasteiger partial charge in [0.05, 0.1) is 0 Å². The van der Waals surface area contributed by atoms with Crippen LogP contribution in [-0.2, 0) is 16.8 Å². The van der Waals surface area contributed by atoms with Crippen molar-refractivity contribution in [2.45, 2.75) is 58.5 Å². The van der Waals surface area contributed by atoms with Crippen molar-refractivity contribution < 1.29 is 9.26 Å². The monoisotopic (exact) mass is 281 g/mol. The molecule has 0 bridgehead atoms. The molecule has 0 amide bonds. The molecule has 2 heterocycles. The topological polar surface area (TPSA) is 74.2 Å². The summed E-state index contributed by atoms with van der Waals surface area (Å²) in [5.41, 5.74) is 5.45. The quantitative estimate of drug-likeness (QED) is 0.867. The normalized spacial score (nSPS) is 25.1. The molecule has 20 heavy (non-hydrogen) atoms. The highest BCUT2D eigenvalue weighted by molar-refractivity contribution is 5.01. The van der Waals surface area contributed by atoms with E-state index in [2.05, 4.69) is 30.9 Å². The minimum Gasteiger partial charge on any atom is -0.367 e. The Morgan fingerprint density at radius 3 is 2.75 bits per heavy atom. The van der Waals surface area contributed by atoms with E-state index in [1.54, 1.807) is 0 Å². The van der Waals surface area contributed by atoms with Gasteiger partial charge in [0.15, 0.2) is 0 Å². The molecule has 5 heteroatoms. The van der Waals surface area contributed by atoms with Crippen LogP contribution in [0.3, 0.4) is 0 Å². The highest BCUT2D eigenvalue weighted by atomic mass is 16.5. The summed E-state index contributed by atoms with van der Waals surface area (Å²) >= 11 is 0. The first-order valence-electron chi connectivity index (χ1n) is 7.70. The molecule has 2 N–H and O–H groups in total. The minimum absolute atomic E-state index is 0.379. The maximum atomic E-state index is 5.85. The van der Waals surface area contributed by atoms with Gasteiger partial charge in [0.2, 0.25) is 11.7 Å². The molecule has 0 saturated carbocycles. The van der Waals surface area contributed by atoms with Crippen molar-refractivity contribution in [1.82, 2.24) is 10.1 Å². The van der Waals surface area contributed by atoms with Crippen LogP contribution in [0.1, 0.15) is 58.2 Å². The Hall–Kier alpha value is -0.940. The molecule has 1 aliphatic heterocycles. The number of aromatic nitrogens is 2. The van der Waals surface area contributed by atoms with E-state index in [0.717, 1.165) is 38.7 Å². The van der Waals surface area contributed by atoms with Crippen LogP contribution in [0.4, 0.5) is 0 Å². The van der Waals surface area contributed by atoms with E-state index < -0.39 is 0 Å². The lowest BCUT2D eigenvalue weighted by Gasteiger charge is -2.30. The van der Waals surface area contributed by atoms with Gasteiger partial charge in [-0.3, -0.25) is 0 Å². The predicted molar refractivity (Wildman–Crippen MR) is 77.2 cm³/mol. The lowest BCUT2D eigenvalue weighted by Crippen LogP contribution is -2.31. The van der Waals surface area contributed by atoms with Crippen LogP contribution in [0.25, 0.3) is 0 Å². The molecule has 0 radical (unpaired) electrons. The lowest BCUT2D eigenvalue weighted by atomic mass is 9.94. The second kappa shape index (κ2) is 6.68. The van der Waals surface area contributed by atoms with Gasteiger partial charge in [0.1, 0.15) is 5.60 Å². The van der Waals surface area contributed by atoms with E-state index in [-0.39, 0.29) is 5.60 Å². The van der Waals surface area contributed by atoms with Gasteiger partial charge < -0.3 is 15.0 Å². The molecule has 0 spiro atoms. The van der Waals surface area contributed by atoms with Gasteiger partial charge in [-0.2, -0.15) is 4.98 Å². The zero-order valence-corrected chi connectivity index (χ0v) is 12.9. The Bertz CT molecular complexity index is 411. The zero-order valence-electron chi connectivity index (χ0n) is 12.9. The van der Waals surface area contributed by atoms with E-state index in [1.165, 1.54) is 0 Å². The van der Waals surface area contributed by atoms with Crippen molar-refractivity contribution >= 4 is 0 Å². The average molecular weight is 281 g/mol. The van der Waals surface area contributed by atoms with Crippen molar-refractivity contribution in [3.63, 3.8) is 0 Å². The molecule has 5 nitrogen and oxygen atoms in total. The second-order valence-electron chi connectivity index (χ2n) is 6.48. The van der Waals surface area contributed by atoms with Crippen LogP contribution in [0.5, 0.6) is 0 Å². The van der Waals surface area contributed by atoms with Gasteiger partial charge >= 0.3 is 0 Å². The third-order valence-electron chi connectivity index (χ3n) is 4.01. The molecule has 114 valence electrons. The van der Waals surface area contributed by atoms with Crippen molar-refractivity contribution in [3.8, 4) is 0 Å². The fourth-order valence-electron chi connectivity index (χ4n) is 2.84. The Morgan fingerprint density at radius 2 is 2.15 bits per heavy atom. The number of hydrogen-bond acceptors (Lipinski definition) is 5. The third-order valence-corrected chi connectivity index (χ3v) is 4.01. The first-order chi connectivity index (χ1) is 9.53. The average Bonchev–Trinajstić information content (AvgIpc) is 2.87. The van der Waals surface area contributed by atoms with Crippen LogP contribution in [0.15, 0.2) is 4.52 Å². The summed E-state index contributed by atoms with van der Waals surface area (Å²) in [4.78, 5) is 4.54. The Balaban J connectivity index is 2.01. The molecule has 2 atom stereocenters. The molecule has 1 unspecified atom stereocenters. The van der Waals surface area contributed by atoms with Gasteiger partial charge in [-0.25, -0.2) is 0 Å². The van der Waals surface area contributed by atoms with E-state index in [0.29, 0.717) is 30.1 Å². The van der Waals surface area contributed by atoms with Crippen LogP contribution >= 0.6 is 0 Å². The summed E-state index contributed by atoms with van der Waals surface area (Å²) in [5.74, 6) is 2.41. The zero-order chi connectivity index (χ0) is 14.6. The van der Waals surface area contributed by atoms with Gasteiger partial charge in [-0.1, -0.05) is 19.0 Å². The molecule has 1 aromatic heterocycles. The van der Waals surface area contributed by atoms with Gasteiger partial charge in [-0.05, 0) is 51.0 Å². The highest BCUT2D eigenvalue weighted by Crippen LogP contribution is 2.32. The van der Waals surface area contributed by atoms with Crippen LogP contribution < -0.4 is 5.73 Å². The van der Waals surface area contributed by atoms with E-state index in [4.69, 9.17) is 15.0 Å². The standard InChI is InChI=1S/C15H27N3O2/c1-11(2)8-12(10-16)9-13-17-14(18-20-13)15(3)6-4-5-7-19-15/h11-12H,4-10,16H2,1-3H3/t12-,15?/m0/s1. The smallest absolute Gasteiger partial charge is 0.227 e. The second-order valence-corrected chi connectivity index (χ2v) is 6.48. The summed E-state index contributed by atoms with van der Waals surface area (Å²) in [7, 11) is 0. The van der Waals surface area contributed by atoms with Crippen molar-refractivity contribution in [2.24, 2.45) is 17.6 Å². The van der Waals surface area contributed by atoms with Gasteiger partial charge in [0, 0.05) is 13.0 Å². The third kappa shape index (κ3) is 3.79. The van der Waals surface area contributed by atoms with Crippen molar-refractivity contribution in [2.75, 3.05) is 13.2 Å². The van der Waals surface area contributed by atoms with Crippen LogP contribution in [0, 0.1) is 11.8 Å². The summed E-state index contributed by atoms with van der Waals surface area (Å²) in [5, 5.41) is 4.13. The van der Waals surface area contributed by atoms with E-state index >= 15 is 0 Å². The summed E-state index contributed by atoms with van der Waals surface area (Å²) in [6.45, 7) is 7.90. The molecule has 2 rings (SSSR count). The van der Waals surface area contributed by atoms with Crippen molar-refractivity contribution in [3.05, 3.63) is 11.7 Å². The fourth-order valence-corrected chi connectivity index (χ4v) is 2.84. The van der Waals surface area contributed by atoms with E-state index in [9.17, 15) is 0 Å². The lowest BCUT2D eigenvalue weighted by molar-refractivity contribution is -0.0770. The molecular weight excluding hydrogens is 254 g/mol. The maximum Gasteiger partial charge on any atom is 0.227 e. The van der Waals surface area contributed by atoms with Crippen LogP contribution in [-0.4, -0.2) is 23.3 Å². The SMILES string of the molecule is CC(C)C[C@H](CN)Cc1nc(C2(C)CCCCO2)no1. The Kier molecular flexibility index (Phi) is 5.16. The number of rotatable bonds is 6. The number of nitrogens with two attached hydrogens (primary N) is 1. The number of hydrogen-bond donors (Lipinski definition) is 1. The van der Waals surface area contributed by atoms with Gasteiger partial charge in [0.25, 0.3) is 0 Å². The molecule has 1 saturated heterocycles.